The number of pyridine rings is 1. The molecule has 0 amide bonds. The number of hydrogen-bond acceptors (Lipinski definition) is 2. The van der Waals surface area contributed by atoms with Crippen LogP contribution in [0, 0.1) is 5.82 Å². The number of hydrogen-bond donors (Lipinski definition) is 0. The molecule has 0 bridgehead atoms. The van der Waals surface area contributed by atoms with E-state index in [2.05, 4.69) is 20.9 Å². The molecule has 0 radical (unpaired) electrons. The van der Waals surface area contributed by atoms with Gasteiger partial charge in [0.15, 0.2) is 5.82 Å². The molecule has 0 saturated carbocycles. The number of rotatable bonds is 1. The molecule has 0 spiro atoms. The first-order chi connectivity index (χ1) is 4.75. The average molecular weight is 222 g/mol. The topological polar surface area (TPSA) is 12.9 Å². The molecule has 4 heteroatoms. The quantitative estimate of drug-likeness (QED) is 0.535. The van der Waals surface area contributed by atoms with Gasteiger partial charge >= 0.3 is 0 Å². The Labute approximate surface area is 71.2 Å². The van der Waals surface area contributed by atoms with Gasteiger partial charge in [0.25, 0.3) is 0 Å². The summed E-state index contributed by atoms with van der Waals surface area (Å²) < 4.78 is 13.1. The van der Waals surface area contributed by atoms with E-state index in [1.807, 2.05) is 6.26 Å². The highest BCUT2D eigenvalue weighted by Gasteiger charge is 2.03. The summed E-state index contributed by atoms with van der Waals surface area (Å²) in [6.07, 6.45) is 3.39. The van der Waals surface area contributed by atoms with E-state index in [0.717, 1.165) is 0 Å². The first kappa shape index (κ1) is 8.01. The van der Waals surface area contributed by atoms with E-state index >= 15 is 0 Å². The normalized spacial score (nSPS) is 9.90. The maximum absolute atomic E-state index is 12.9. The molecular formula is C6H5BrFNS. The maximum atomic E-state index is 12.9. The molecule has 0 aliphatic heterocycles. The maximum Gasteiger partial charge on any atom is 0.169 e. The van der Waals surface area contributed by atoms with Crippen LogP contribution in [0.5, 0.6) is 0 Å². The summed E-state index contributed by atoms with van der Waals surface area (Å²) in [5.41, 5.74) is 0. The van der Waals surface area contributed by atoms with E-state index in [1.165, 1.54) is 11.8 Å². The first-order valence-electron chi connectivity index (χ1n) is 2.59. The first-order valence-corrected chi connectivity index (χ1v) is 4.61. The highest BCUT2D eigenvalue weighted by Crippen LogP contribution is 2.22. The van der Waals surface area contributed by atoms with E-state index < -0.39 is 0 Å². The molecule has 10 heavy (non-hydrogen) atoms. The van der Waals surface area contributed by atoms with Crippen LogP contribution in [0.15, 0.2) is 21.8 Å². The number of nitrogens with zero attached hydrogens (tertiary/aromatic N) is 1. The molecule has 0 unspecified atom stereocenters. The molecule has 0 N–H and O–H groups in total. The Morgan fingerprint density at radius 1 is 1.70 bits per heavy atom. The summed E-state index contributed by atoms with van der Waals surface area (Å²) in [4.78, 5) is 4.33. The lowest BCUT2D eigenvalue weighted by atomic mass is 10.5. The Balaban J connectivity index is 3.14. The lowest BCUT2D eigenvalue weighted by Gasteiger charge is -1.97. The summed E-state index contributed by atoms with van der Waals surface area (Å²) in [6, 6.07) is 1.64. The van der Waals surface area contributed by atoms with Crippen molar-refractivity contribution in [1.29, 1.82) is 0 Å². The third kappa shape index (κ3) is 1.49. The van der Waals surface area contributed by atoms with E-state index in [1.54, 1.807) is 12.3 Å². The average Bonchev–Trinajstić information content (AvgIpc) is 1.95. The minimum atomic E-state index is -0.282. The van der Waals surface area contributed by atoms with Gasteiger partial charge in [0, 0.05) is 11.1 Å². The van der Waals surface area contributed by atoms with Crippen LogP contribution in [0.4, 0.5) is 4.39 Å². The van der Waals surface area contributed by atoms with Crippen LogP contribution in [0.2, 0.25) is 0 Å². The highest BCUT2D eigenvalue weighted by atomic mass is 79.9. The van der Waals surface area contributed by atoms with Gasteiger partial charge in [0.1, 0.15) is 4.60 Å². The van der Waals surface area contributed by atoms with E-state index in [9.17, 15) is 4.39 Å². The Morgan fingerprint density at radius 2 is 2.40 bits per heavy atom. The molecule has 0 saturated heterocycles. The van der Waals surface area contributed by atoms with Crippen LogP contribution >= 0.6 is 27.7 Å². The predicted octanol–water partition coefficient (Wildman–Crippen LogP) is 2.71. The molecule has 1 aromatic rings. The molecule has 54 valence electrons. The zero-order valence-electron chi connectivity index (χ0n) is 5.27. The molecule has 0 aliphatic carbocycles. The Hall–Kier alpha value is -0.0900. The Kier molecular flexibility index (Phi) is 2.68. The zero-order valence-corrected chi connectivity index (χ0v) is 7.67. The second-order valence-corrected chi connectivity index (χ2v) is 3.22. The monoisotopic (exact) mass is 221 g/mol. The van der Waals surface area contributed by atoms with Gasteiger partial charge in [0.2, 0.25) is 0 Å². The van der Waals surface area contributed by atoms with Crippen LogP contribution < -0.4 is 0 Å². The summed E-state index contributed by atoms with van der Waals surface area (Å²) in [6.45, 7) is 0. The third-order valence-electron chi connectivity index (χ3n) is 1.03. The molecule has 1 nitrogen and oxygen atoms in total. The van der Waals surface area contributed by atoms with E-state index in [4.69, 9.17) is 0 Å². The number of thioether (sulfide) groups is 1. The second kappa shape index (κ2) is 3.34. The van der Waals surface area contributed by atoms with Gasteiger partial charge in [-0.2, -0.15) is 0 Å². The van der Waals surface area contributed by atoms with Crippen LogP contribution in [0.25, 0.3) is 0 Å². The van der Waals surface area contributed by atoms with Crippen molar-refractivity contribution in [1.82, 2.24) is 4.98 Å². The molecular weight excluding hydrogens is 217 g/mol. The van der Waals surface area contributed by atoms with Crippen molar-refractivity contribution >= 4 is 27.7 Å². The van der Waals surface area contributed by atoms with Gasteiger partial charge in [-0.3, -0.25) is 0 Å². The van der Waals surface area contributed by atoms with Crippen LogP contribution in [0.3, 0.4) is 0 Å². The highest BCUT2D eigenvalue weighted by molar-refractivity contribution is 9.10. The van der Waals surface area contributed by atoms with E-state index in [-0.39, 0.29) is 10.4 Å². The van der Waals surface area contributed by atoms with Gasteiger partial charge in [-0.1, -0.05) is 0 Å². The minimum Gasteiger partial charge on any atom is -0.246 e. The van der Waals surface area contributed by atoms with Crippen molar-refractivity contribution < 1.29 is 4.39 Å². The number of halogens is 2. The summed E-state index contributed by atoms with van der Waals surface area (Å²) in [7, 11) is 0. The number of aromatic nitrogens is 1. The van der Waals surface area contributed by atoms with Crippen molar-refractivity contribution in [3.63, 3.8) is 0 Å². The minimum absolute atomic E-state index is 0.277. The van der Waals surface area contributed by atoms with Gasteiger partial charge in [-0.05, 0) is 28.3 Å². The molecule has 0 fully saturated rings. The predicted molar refractivity (Wildman–Crippen MR) is 43.7 cm³/mol. The largest absolute Gasteiger partial charge is 0.246 e. The van der Waals surface area contributed by atoms with Crippen molar-refractivity contribution in [2.45, 2.75) is 4.90 Å². The molecule has 1 rings (SSSR count). The van der Waals surface area contributed by atoms with E-state index in [0.29, 0.717) is 4.90 Å². The standard InChI is InChI=1S/C6H5BrFNS/c1-10-4-2-3-9-6(7)5(4)8/h2-3H,1H3. The SMILES string of the molecule is CSc1ccnc(Br)c1F. The van der Waals surface area contributed by atoms with Gasteiger partial charge in [0.05, 0.1) is 0 Å². The van der Waals surface area contributed by atoms with Gasteiger partial charge < -0.3 is 0 Å². The second-order valence-electron chi connectivity index (χ2n) is 1.62. The molecule has 0 aliphatic rings. The summed E-state index contributed by atoms with van der Waals surface area (Å²) in [5, 5.41) is 0. The molecule has 1 aromatic heterocycles. The van der Waals surface area contributed by atoms with Crippen LogP contribution in [0.1, 0.15) is 0 Å². The lowest BCUT2D eigenvalue weighted by Crippen LogP contribution is -1.84. The Morgan fingerprint density at radius 3 is 2.90 bits per heavy atom. The molecule has 1 heterocycles. The smallest absolute Gasteiger partial charge is 0.169 e. The van der Waals surface area contributed by atoms with Crippen molar-refractivity contribution in [2.75, 3.05) is 6.26 Å². The zero-order chi connectivity index (χ0) is 7.56. The third-order valence-corrected chi connectivity index (χ3v) is 2.34. The Bertz CT molecular complexity index is 241. The van der Waals surface area contributed by atoms with Crippen molar-refractivity contribution in [2.24, 2.45) is 0 Å². The van der Waals surface area contributed by atoms with Gasteiger partial charge in [-0.25, -0.2) is 9.37 Å². The molecule has 0 atom stereocenters. The molecule has 0 aromatic carbocycles. The lowest BCUT2D eigenvalue weighted by molar-refractivity contribution is 0.586. The summed E-state index contributed by atoms with van der Waals surface area (Å²) >= 11 is 4.35. The fraction of sp³-hybridized carbons (Fsp3) is 0.167. The van der Waals surface area contributed by atoms with Gasteiger partial charge in [-0.15, -0.1) is 11.8 Å². The fourth-order valence-corrected chi connectivity index (χ4v) is 1.50. The summed E-state index contributed by atoms with van der Waals surface area (Å²) in [5.74, 6) is -0.282. The fourth-order valence-electron chi connectivity index (χ4n) is 0.560. The van der Waals surface area contributed by atoms with Crippen LogP contribution in [-0.4, -0.2) is 11.2 Å². The van der Waals surface area contributed by atoms with Crippen LogP contribution in [-0.2, 0) is 0 Å². The van der Waals surface area contributed by atoms with Crippen molar-refractivity contribution in [3.05, 3.63) is 22.7 Å². The van der Waals surface area contributed by atoms with Crippen molar-refractivity contribution in [3.8, 4) is 0 Å².